The molecular weight excluding hydrogens is 200 g/mol. The number of rotatable bonds is 7. The molecule has 2 nitrogen and oxygen atoms in total. The number of hydrogen-bond acceptors (Lipinski definition) is 3. The highest BCUT2D eigenvalue weighted by Gasteiger charge is 2.35. The maximum absolute atomic E-state index is 5.80. The van der Waals surface area contributed by atoms with E-state index < -0.39 is 8.56 Å². The van der Waals surface area contributed by atoms with Gasteiger partial charge in [0.1, 0.15) is 0 Å². The molecule has 1 atom stereocenters. The molecule has 0 aliphatic rings. The van der Waals surface area contributed by atoms with Crippen molar-refractivity contribution in [2.45, 2.75) is 45.0 Å². The average molecular weight is 222 g/mol. The molecule has 0 bridgehead atoms. The van der Waals surface area contributed by atoms with Crippen LogP contribution in [0.3, 0.4) is 0 Å². The topological polar surface area (TPSA) is 18.5 Å². The Morgan fingerprint density at radius 3 is 1.85 bits per heavy atom. The molecule has 0 aromatic heterocycles. The van der Waals surface area contributed by atoms with Crippen molar-refractivity contribution < 1.29 is 8.85 Å². The maximum Gasteiger partial charge on any atom is 0.338 e. The fourth-order valence-corrected chi connectivity index (χ4v) is 5.29. The van der Waals surface area contributed by atoms with Gasteiger partial charge in [-0.05, 0) is 19.9 Å². The van der Waals surface area contributed by atoms with E-state index in [9.17, 15) is 0 Å². The normalized spacial score (nSPS) is 14.5. The molecule has 0 saturated heterocycles. The number of hydrogen-bond donors (Lipinski definition) is 1. The van der Waals surface area contributed by atoms with Crippen LogP contribution >= 0.6 is 12.6 Å². The summed E-state index contributed by atoms with van der Waals surface area (Å²) in [5.41, 5.74) is 0. The van der Waals surface area contributed by atoms with Gasteiger partial charge in [0.05, 0.1) is 0 Å². The molecular formula is C9H22O2SSi. The van der Waals surface area contributed by atoms with E-state index in [1.165, 1.54) is 0 Å². The van der Waals surface area contributed by atoms with Crippen LogP contribution < -0.4 is 0 Å². The summed E-state index contributed by atoms with van der Waals surface area (Å²) in [6.07, 6.45) is 0. The van der Waals surface area contributed by atoms with Gasteiger partial charge in [-0.15, -0.1) is 0 Å². The minimum Gasteiger partial charge on any atom is -0.394 e. The van der Waals surface area contributed by atoms with Crippen LogP contribution in [0.15, 0.2) is 0 Å². The Hall–Kier alpha value is 0.487. The quantitative estimate of drug-likeness (QED) is 0.527. The first-order valence-corrected chi connectivity index (χ1v) is 7.80. The van der Waals surface area contributed by atoms with Crippen LogP contribution in [-0.2, 0) is 8.85 Å². The van der Waals surface area contributed by atoms with E-state index in [1.54, 1.807) is 0 Å². The Morgan fingerprint density at radius 1 is 1.15 bits per heavy atom. The summed E-state index contributed by atoms with van der Waals surface area (Å²) in [5, 5.41) is 0.365. The minimum atomic E-state index is -1.91. The number of thiol groups is 1. The first-order chi connectivity index (χ1) is 6.10. The Labute approximate surface area is 88.7 Å². The van der Waals surface area contributed by atoms with Gasteiger partial charge in [-0.1, -0.05) is 13.8 Å². The largest absolute Gasteiger partial charge is 0.394 e. The zero-order valence-electron chi connectivity index (χ0n) is 9.17. The van der Waals surface area contributed by atoms with Crippen LogP contribution in [0.25, 0.3) is 0 Å². The Bertz CT molecular complexity index is 125. The first kappa shape index (κ1) is 13.5. The van der Waals surface area contributed by atoms with Crippen molar-refractivity contribution in [2.75, 3.05) is 13.2 Å². The fourth-order valence-electron chi connectivity index (χ4n) is 1.48. The fraction of sp³-hybridized carbons (Fsp3) is 1.00. The standard InChI is InChI=1S/C9H22O2SSi/c1-5-10-13(7-3,11-6-2)8-9(4)12/h9,12H,5-8H2,1-4H3. The molecule has 0 N–H and O–H groups in total. The average Bonchev–Trinajstić information content (AvgIpc) is 2.04. The molecule has 0 heterocycles. The van der Waals surface area contributed by atoms with Crippen molar-refractivity contribution in [3.8, 4) is 0 Å². The second-order valence-corrected chi connectivity index (χ2v) is 7.58. The van der Waals surface area contributed by atoms with Crippen molar-refractivity contribution in [2.24, 2.45) is 0 Å². The van der Waals surface area contributed by atoms with Gasteiger partial charge in [0.15, 0.2) is 0 Å². The Morgan fingerprint density at radius 2 is 1.62 bits per heavy atom. The molecule has 0 spiro atoms. The molecule has 0 aliphatic carbocycles. The predicted octanol–water partition coefficient (Wildman–Crippen LogP) is 2.84. The highest BCUT2D eigenvalue weighted by molar-refractivity contribution is 7.81. The molecule has 0 aliphatic heterocycles. The molecule has 0 saturated carbocycles. The van der Waals surface area contributed by atoms with Crippen LogP contribution in [-0.4, -0.2) is 27.0 Å². The molecule has 80 valence electrons. The smallest absolute Gasteiger partial charge is 0.338 e. The van der Waals surface area contributed by atoms with E-state index >= 15 is 0 Å². The van der Waals surface area contributed by atoms with E-state index in [4.69, 9.17) is 8.85 Å². The Kier molecular flexibility index (Phi) is 7.13. The van der Waals surface area contributed by atoms with Gasteiger partial charge in [0, 0.05) is 24.5 Å². The van der Waals surface area contributed by atoms with Crippen molar-refractivity contribution in [3.05, 3.63) is 0 Å². The summed E-state index contributed by atoms with van der Waals surface area (Å²) < 4.78 is 11.6. The third kappa shape index (κ3) is 5.05. The lowest BCUT2D eigenvalue weighted by Crippen LogP contribution is -2.43. The van der Waals surface area contributed by atoms with Crippen LogP contribution in [0.5, 0.6) is 0 Å². The molecule has 0 aromatic carbocycles. The van der Waals surface area contributed by atoms with Crippen molar-refractivity contribution >= 4 is 21.2 Å². The molecule has 0 fully saturated rings. The van der Waals surface area contributed by atoms with Gasteiger partial charge in [-0.2, -0.15) is 12.6 Å². The van der Waals surface area contributed by atoms with E-state index in [0.717, 1.165) is 25.3 Å². The minimum absolute atomic E-state index is 0.365. The van der Waals surface area contributed by atoms with Crippen LogP contribution in [0.1, 0.15) is 27.7 Å². The SMILES string of the molecule is CCO[Si](CC)(CC(C)S)OCC. The monoisotopic (exact) mass is 222 g/mol. The molecule has 1 unspecified atom stereocenters. The predicted molar refractivity (Wildman–Crippen MR) is 62.7 cm³/mol. The second-order valence-electron chi connectivity index (χ2n) is 3.18. The van der Waals surface area contributed by atoms with Gasteiger partial charge < -0.3 is 8.85 Å². The van der Waals surface area contributed by atoms with Crippen molar-refractivity contribution in [1.82, 2.24) is 0 Å². The molecule has 0 aromatic rings. The lowest BCUT2D eigenvalue weighted by Gasteiger charge is -2.30. The molecule has 0 radical (unpaired) electrons. The maximum atomic E-state index is 5.80. The molecule has 13 heavy (non-hydrogen) atoms. The summed E-state index contributed by atoms with van der Waals surface area (Å²) in [7, 11) is -1.91. The van der Waals surface area contributed by atoms with E-state index in [1.807, 2.05) is 13.8 Å². The summed E-state index contributed by atoms with van der Waals surface area (Å²) in [5.74, 6) is 0. The highest BCUT2D eigenvalue weighted by Crippen LogP contribution is 2.22. The van der Waals surface area contributed by atoms with Gasteiger partial charge in [0.2, 0.25) is 0 Å². The Balaban J connectivity index is 4.24. The molecule has 4 heteroatoms. The summed E-state index contributed by atoms with van der Waals surface area (Å²) in [6.45, 7) is 9.80. The third-order valence-corrected chi connectivity index (χ3v) is 6.43. The zero-order chi connectivity index (χ0) is 10.3. The van der Waals surface area contributed by atoms with Crippen LogP contribution in [0.4, 0.5) is 0 Å². The summed E-state index contributed by atoms with van der Waals surface area (Å²) in [4.78, 5) is 0. The van der Waals surface area contributed by atoms with Gasteiger partial charge >= 0.3 is 8.56 Å². The van der Waals surface area contributed by atoms with E-state index in [-0.39, 0.29) is 0 Å². The third-order valence-electron chi connectivity index (χ3n) is 1.96. The zero-order valence-corrected chi connectivity index (χ0v) is 11.1. The lowest BCUT2D eigenvalue weighted by atomic mass is 10.6. The summed E-state index contributed by atoms with van der Waals surface area (Å²) >= 11 is 4.41. The second kappa shape index (κ2) is 6.87. The lowest BCUT2D eigenvalue weighted by molar-refractivity contribution is 0.183. The highest BCUT2D eigenvalue weighted by atomic mass is 32.1. The molecule has 0 rings (SSSR count). The molecule has 0 amide bonds. The van der Waals surface area contributed by atoms with Crippen LogP contribution in [0.2, 0.25) is 12.1 Å². The van der Waals surface area contributed by atoms with E-state index in [0.29, 0.717) is 5.25 Å². The first-order valence-electron chi connectivity index (χ1n) is 5.06. The van der Waals surface area contributed by atoms with Gasteiger partial charge in [-0.25, -0.2) is 0 Å². The van der Waals surface area contributed by atoms with Crippen LogP contribution in [0, 0.1) is 0 Å². The van der Waals surface area contributed by atoms with Gasteiger partial charge in [-0.3, -0.25) is 0 Å². The van der Waals surface area contributed by atoms with Crippen molar-refractivity contribution in [1.29, 1.82) is 0 Å². The summed E-state index contributed by atoms with van der Waals surface area (Å²) in [6, 6.07) is 1.99. The van der Waals surface area contributed by atoms with Gasteiger partial charge in [0.25, 0.3) is 0 Å². The van der Waals surface area contributed by atoms with E-state index in [2.05, 4.69) is 26.5 Å². The van der Waals surface area contributed by atoms with Crippen molar-refractivity contribution in [3.63, 3.8) is 0 Å².